The van der Waals surface area contributed by atoms with Crippen molar-refractivity contribution in [1.29, 1.82) is 0 Å². The molecule has 0 aliphatic heterocycles. The molecule has 1 aromatic heterocycles. The highest BCUT2D eigenvalue weighted by Crippen LogP contribution is 2.09. The third-order valence-corrected chi connectivity index (χ3v) is 3.25. The Balaban J connectivity index is 2.83. The third kappa shape index (κ3) is 4.27. The number of amides is 2. The van der Waals surface area contributed by atoms with Crippen LogP contribution in [0.3, 0.4) is 0 Å². The fourth-order valence-corrected chi connectivity index (χ4v) is 1.70. The summed E-state index contributed by atoms with van der Waals surface area (Å²) in [6, 6.07) is 1.89. The number of carboxylic acids is 1. The summed E-state index contributed by atoms with van der Waals surface area (Å²) in [5.74, 6) is -2.15. The molecule has 1 heterocycles. The third-order valence-electron chi connectivity index (χ3n) is 3.25. The van der Waals surface area contributed by atoms with E-state index in [1.165, 1.54) is 25.4 Å². The van der Waals surface area contributed by atoms with E-state index >= 15 is 0 Å². The number of hydrogen-bond acceptors (Lipinski definition) is 4. The second-order valence-electron chi connectivity index (χ2n) is 4.69. The second kappa shape index (κ2) is 7.37. The SMILES string of the molecule is CCC(C)C(NC(=O)c1ccc(C(=O)NC)nc1)C(=O)O. The molecule has 2 atom stereocenters. The van der Waals surface area contributed by atoms with Crippen molar-refractivity contribution in [3.05, 3.63) is 29.6 Å². The number of pyridine rings is 1. The molecular formula is C14H19N3O4. The topological polar surface area (TPSA) is 108 Å². The molecule has 0 fully saturated rings. The van der Waals surface area contributed by atoms with Crippen molar-refractivity contribution in [2.75, 3.05) is 7.05 Å². The maximum absolute atomic E-state index is 12.0. The molecule has 0 saturated heterocycles. The van der Waals surface area contributed by atoms with Gasteiger partial charge in [-0.15, -0.1) is 0 Å². The van der Waals surface area contributed by atoms with E-state index in [2.05, 4.69) is 15.6 Å². The molecular weight excluding hydrogens is 274 g/mol. The highest BCUT2D eigenvalue weighted by atomic mass is 16.4. The molecule has 0 saturated carbocycles. The first kappa shape index (κ1) is 16.6. The summed E-state index contributed by atoms with van der Waals surface area (Å²) in [5.41, 5.74) is 0.392. The number of aromatic nitrogens is 1. The first-order valence-corrected chi connectivity index (χ1v) is 6.62. The van der Waals surface area contributed by atoms with Gasteiger partial charge in [-0.25, -0.2) is 4.79 Å². The van der Waals surface area contributed by atoms with Gasteiger partial charge in [-0.2, -0.15) is 0 Å². The van der Waals surface area contributed by atoms with E-state index in [4.69, 9.17) is 5.11 Å². The highest BCUT2D eigenvalue weighted by molar-refractivity contribution is 5.97. The van der Waals surface area contributed by atoms with Crippen molar-refractivity contribution in [3.63, 3.8) is 0 Å². The quantitative estimate of drug-likeness (QED) is 0.714. The summed E-state index contributed by atoms with van der Waals surface area (Å²) in [4.78, 5) is 38.4. The van der Waals surface area contributed by atoms with Gasteiger partial charge < -0.3 is 15.7 Å². The molecule has 0 bridgehead atoms. The largest absolute Gasteiger partial charge is 0.480 e. The minimum absolute atomic E-state index is 0.186. The molecule has 114 valence electrons. The van der Waals surface area contributed by atoms with E-state index in [0.717, 1.165) is 0 Å². The van der Waals surface area contributed by atoms with Crippen LogP contribution in [0.5, 0.6) is 0 Å². The molecule has 7 nitrogen and oxygen atoms in total. The summed E-state index contributed by atoms with van der Waals surface area (Å²) < 4.78 is 0. The van der Waals surface area contributed by atoms with Crippen molar-refractivity contribution >= 4 is 17.8 Å². The van der Waals surface area contributed by atoms with Crippen LogP contribution in [0.4, 0.5) is 0 Å². The number of carbonyl (C=O) groups is 3. The molecule has 0 radical (unpaired) electrons. The summed E-state index contributed by atoms with van der Waals surface area (Å²) >= 11 is 0. The summed E-state index contributed by atoms with van der Waals surface area (Å²) in [6.45, 7) is 3.61. The summed E-state index contributed by atoms with van der Waals surface area (Å²) in [7, 11) is 1.48. The van der Waals surface area contributed by atoms with Crippen LogP contribution in [0.2, 0.25) is 0 Å². The molecule has 3 N–H and O–H groups in total. The average Bonchev–Trinajstić information content (AvgIpc) is 2.50. The van der Waals surface area contributed by atoms with E-state index < -0.39 is 17.9 Å². The second-order valence-corrected chi connectivity index (χ2v) is 4.69. The Labute approximate surface area is 122 Å². The van der Waals surface area contributed by atoms with E-state index in [0.29, 0.717) is 6.42 Å². The monoisotopic (exact) mass is 293 g/mol. The van der Waals surface area contributed by atoms with Gasteiger partial charge in [0.2, 0.25) is 0 Å². The molecule has 1 aromatic rings. The van der Waals surface area contributed by atoms with Crippen LogP contribution in [0.25, 0.3) is 0 Å². The predicted octanol–water partition coefficient (Wildman–Crippen LogP) is 0.670. The van der Waals surface area contributed by atoms with Crippen LogP contribution in [-0.4, -0.2) is 41.0 Å². The lowest BCUT2D eigenvalue weighted by Crippen LogP contribution is -2.45. The molecule has 2 amide bonds. The van der Waals surface area contributed by atoms with Crippen LogP contribution in [0, 0.1) is 5.92 Å². The van der Waals surface area contributed by atoms with Gasteiger partial charge in [-0.3, -0.25) is 14.6 Å². The van der Waals surface area contributed by atoms with Crippen molar-refractivity contribution in [2.45, 2.75) is 26.3 Å². The maximum atomic E-state index is 12.0. The van der Waals surface area contributed by atoms with Crippen LogP contribution in [-0.2, 0) is 4.79 Å². The lowest BCUT2D eigenvalue weighted by Gasteiger charge is -2.20. The van der Waals surface area contributed by atoms with E-state index in [1.54, 1.807) is 6.92 Å². The van der Waals surface area contributed by atoms with E-state index in [1.807, 2.05) is 6.92 Å². The Hall–Kier alpha value is -2.44. The molecule has 2 unspecified atom stereocenters. The lowest BCUT2D eigenvalue weighted by molar-refractivity contribution is -0.140. The smallest absolute Gasteiger partial charge is 0.326 e. The standard InChI is InChI=1S/C14H19N3O4/c1-4-8(2)11(14(20)21)17-12(18)9-5-6-10(16-7-9)13(19)15-3/h5-8,11H,4H2,1-3H3,(H,15,19)(H,17,18)(H,20,21). The molecule has 0 aromatic carbocycles. The minimum atomic E-state index is -1.08. The van der Waals surface area contributed by atoms with Crippen LogP contribution in [0.1, 0.15) is 41.1 Å². The zero-order valence-electron chi connectivity index (χ0n) is 12.2. The molecule has 0 aliphatic rings. The highest BCUT2D eigenvalue weighted by Gasteiger charge is 2.25. The molecule has 7 heteroatoms. The van der Waals surface area contributed by atoms with Gasteiger partial charge >= 0.3 is 5.97 Å². The Bertz CT molecular complexity index is 528. The van der Waals surface area contributed by atoms with Crippen molar-refractivity contribution in [1.82, 2.24) is 15.6 Å². The van der Waals surface area contributed by atoms with Crippen molar-refractivity contribution in [2.24, 2.45) is 5.92 Å². The maximum Gasteiger partial charge on any atom is 0.326 e. The first-order chi connectivity index (χ1) is 9.90. The predicted molar refractivity (Wildman–Crippen MR) is 76.0 cm³/mol. The van der Waals surface area contributed by atoms with Crippen LogP contribution in [0.15, 0.2) is 18.3 Å². The fraction of sp³-hybridized carbons (Fsp3) is 0.429. The Morgan fingerprint density at radius 2 is 1.95 bits per heavy atom. The Morgan fingerprint density at radius 1 is 1.29 bits per heavy atom. The van der Waals surface area contributed by atoms with Crippen LogP contribution >= 0.6 is 0 Å². The van der Waals surface area contributed by atoms with Crippen molar-refractivity contribution in [3.8, 4) is 0 Å². The number of nitrogens with zero attached hydrogens (tertiary/aromatic N) is 1. The van der Waals surface area contributed by atoms with Gasteiger partial charge in [0.05, 0.1) is 5.56 Å². The zero-order valence-corrected chi connectivity index (χ0v) is 12.2. The molecule has 1 rings (SSSR count). The first-order valence-electron chi connectivity index (χ1n) is 6.62. The number of aliphatic carboxylic acids is 1. The number of carbonyl (C=O) groups excluding carboxylic acids is 2. The van der Waals surface area contributed by atoms with Crippen molar-refractivity contribution < 1.29 is 19.5 Å². The normalized spacial score (nSPS) is 13.1. The Kier molecular flexibility index (Phi) is 5.83. The molecule has 0 aliphatic carbocycles. The van der Waals surface area contributed by atoms with Gasteiger partial charge in [-0.05, 0) is 18.1 Å². The zero-order chi connectivity index (χ0) is 16.0. The minimum Gasteiger partial charge on any atom is -0.480 e. The van der Waals surface area contributed by atoms with Gasteiger partial charge in [0, 0.05) is 13.2 Å². The van der Waals surface area contributed by atoms with Gasteiger partial charge in [-0.1, -0.05) is 20.3 Å². The molecule has 21 heavy (non-hydrogen) atoms. The number of hydrogen-bond donors (Lipinski definition) is 3. The Morgan fingerprint density at radius 3 is 2.38 bits per heavy atom. The lowest BCUT2D eigenvalue weighted by atomic mass is 9.99. The summed E-state index contributed by atoms with van der Waals surface area (Å²) in [5, 5.41) is 14.0. The number of carboxylic acid groups (broad SMARTS) is 1. The van der Waals surface area contributed by atoms with Gasteiger partial charge in [0.15, 0.2) is 0 Å². The summed E-state index contributed by atoms with van der Waals surface area (Å²) in [6.07, 6.45) is 1.88. The number of rotatable bonds is 6. The number of nitrogens with one attached hydrogen (secondary N) is 2. The van der Waals surface area contributed by atoms with Gasteiger partial charge in [0.1, 0.15) is 11.7 Å². The van der Waals surface area contributed by atoms with Gasteiger partial charge in [0.25, 0.3) is 11.8 Å². The fourth-order valence-electron chi connectivity index (χ4n) is 1.70. The molecule has 0 spiro atoms. The average molecular weight is 293 g/mol. The van der Waals surface area contributed by atoms with E-state index in [-0.39, 0.29) is 23.1 Å². The van der Waals surface area contributed by atoms with Crippen LogP contribution < -0.4 is 10.6 Å². The van der Waals surface area contributed by atoms with E-state index in [9.17, 15) is 14.4 Å².